The Morgan fingerprint density at radius 1 is 1.16 bits per heavy atom. The zero-order chi connectivity index (χ0) is 18.4. The first-order chi connectivity index (χ1) is 11.6. The van der Waals surface area contributed by atoms with Gasteiger partial charge < -0.3 is 9.74 Å². The highest BCUT2D eigenvalue weighted by Crippen LogP contribution is 2.39. The second kappa shape index (κ2) is 6.43. The predicted molar refractivity (Wildman–Crippen MR) is 114 cm³/mol. The zero-order valence-electron chi connectivity index (χ0n) is 15.4. The summed E-state index contributed by atoms with van der Waals surface area (Å²) >= 11 is 2.23. The van der Waals surface area contributed by atoms with Gasteiger partial charge in [0.25, 0.3) is 5.91 Å². The Hall–Kier alpha value is -1.34. The normalized spacial score (nSPS) is 14.2. The molecular formula is C20H24INO2Si. The van der Waals surface area contributed by atoms with Gasteiger partial charge in [0.2, 0.25) is 8.32 Å². The third-order valence-corrected chi connectivity index (χ3v) is 10.5. The van der Waals surface area contributed by atoms with E-state index in [0.717, 1.165) is 31.6 Å². The van der Waals surface area contributed by atoms with Gasteiger partial charge in [-0.3, -0.25) is 4.79 Å². The maximum Gasteiger partial charge on any atom is 0.252 e. The van der Waals surface area contributed by atoms with Crippen LogP contribution in [-0.4, -0.2) is 14.2 Å². The van der Waals surface area contributed by atoms with Gasteiger partial charge in [-0.1, -0.05) is 39.0 Å². The highest BCUT2D eigenvalue weighted by Gasteiger charge is 2.39. The predicted octanol–water partition coefficient (Wildman–Crippen LogP) is 5.59. The van der Waals surface area contributed by atoms with Gasteiger partial charge in [-0.2, -0.15) is 0 Å². The SMILES string of the molecule is CC(C)(C)[Si](C)(C)Oc1cccc(-c2ccc(I)c3c2CNC3=O)c1. The summed E-state index contributed by atoms with van der Waals surface area (Å²) in [4.78, 5) is 12.1. The van der Waals surface area contributed by atoms with E-state index >= 15 is 0 Å². The quantitative estimate of drug-likeness (QED) is 0.475. The Morgan fingerprint density at radius 3 is 2.56 bits per heavy atom. The summed E-state index contributed by atoms with van der Waals surface area (Å²) in [7, 11) is -1.88. The number of hydrogen-bond acceptors (Lipinski definition) is 2. The molecule has 1 heterocycles. The molecule has 0 spiro atoms. The van der Waals surface area contributed by atoms with Gasteiger partial charge in [0, 0.05) is 10.1 Å². The lowest BCUT2D eigenvalue weighted by atomic mass is 9.97. The van der Waals surface area contributed by atoms with Crippen molar-refractivity contribution >= 4 is 36.8 Å². The molecule has 0 saturated heterocycles. The molecule has 0 atom stereocenters. The molecule has 3 rings (SSSR count). The van der Waals surface area contributed by atoms with E-state index in [1.807, 2.05) is 18.2 Å². The van der Waals surface area contributed by atoms with Crippen LogP contribution in [0.1, 0.15) is 36.7 Å². The highest BCUT2D eigenvalue weighted by atomic mass is 127. The van der Waals surface area contributed by atoms with Crippen LogP contribution < -0.4 is 9.74 Å². The minimum absolute atomic E-state index is 0.0231. The molecule has 0 saturated carbocycles. The van der Waals surface area contributed by atoms with Crippen LogP contribution >= 0.6 is 22.6 Å². The van der Waals surface area contributed by atoms with Gasteiger partial charge in [-0.05, 0) is 75.6 Å². The molecular weight excluding hydrogens is 441 g/mol. The Balaban J connectivity index is 2.01. The fourth-order valence-corrected chi connectivity index (χ4v) is 4.52. The minimum atomic E-state index is -1.88. The van der Waals surface area contributed by atoms with E-state index in [-0.39, 0.29) is 10.9 Å². The first-order valence-corrected chi connectivity index (χ1v) is 12.5. The summed E-state index contributed by atoms with van der Waals surface area (Å²) in [5.41, 5.74) is 4.10. The highest BCUT2D eigenvalue weighted by molar-refractivity contribution is 14.1. The minimum Gasteiger partial charge on any atom is -0.543 e. The Bertz CT molecular complexity index is 840. The number of nitrogens with one attached hydrogen (secondary N) is 1. The van der Waals surface area contributed by atoms with Crippen LogP contribution in [0.25, 0.3) is 11.1 Å². The van der Waals surface area contributed by atoms with Crippen molar-refractivity contribution in [2.24, 2.45) is 0 Å². The van der Waals surface area contributed by atoms with Crippen LogP contribution in [0, 0.1) is 3.57 Å². The number of hydrogen-bond donors (Lipinski definition) is 1. The first-order valence-electron chi connectivity index (χ1n) is 8.49. The molecule has 3 nitrogen and oxygen atoms in total. The molecule has 1 amide bonds. The lowest BCUT2D eigenvalue weighted by Crippen LogP contribution is -2.43. The molecule has 2 aromatic rings. The summed E-state index contributed by atoms with van der Waals surface area (Å²) in [5, 5.41) is 3.10. The summed E-state index contributed by atoms with van der Waals surface area (Å²) in [5.74, 6) is 0.934. The molecule has 1 aliphatic rings. The molecule has 5 heteroatoms. The molecule has 0 bridgehead atoms. The lowest BCUT2D eigenvalue weighted by molar-refractivity contribution is 0.0965. The molecule has 0 aromatic heterocycles. The van der Waals surface area contributed by atoms with Crippen LogP contribution in [-0.2, 0) is 6.54 Å². The molecule has 0 unspecified atom stereocenters. The number of rotatable bonds is 3. The summed E-state index contributed by atoms with van der Waals surface area (Å²) < 4.78 is 7.45. The number of carbonyl (C=O) groups excluding carboxylic acids is 1. The van der Waals surface area contributed by atoms with Gasteiger partial charge in [0.1, 0.15) is 5.75 Å². The standard InChI is InChI=1S/C20H24INO2Si/c1-20(2,3)25(4,5)24-14-8-6-7-13(11-14)15-9-10-17(21)18-16(15)12-22-19(18)23/h6-11H,12H2,1-5H3,(H,22,23). The zero-order valence-corrected chi connectivity index (χ0v) is 18.5. The van der Waals surface area contributed by atoms with Crippen molar-refractivity contribution in [3.63, 3.8) is 0 Å². The number of halogens is 1. The fraction of sp³-hybridized carbons (Fsp3) is 0.350. The van der Waals surface area contributed by atoms with Crippen LogP contribution in [0.4, 0.5) is 0 Å². The van der Waals surface area contributed by atoms with Crippen molar-refractivity contribution < 1.29 is 9.22 Å². The topological polar surface area (TPSA) is 38.3 Å². The van der Waals surface area contributed by atoms with Gasteiger partial charge in [0.15, 0.2) is 0 Å². The summed E-state index contributed by atoms with van der Waals surface area (Å²) in [6.45, 7) is 11.8. The second-order valence-electron chi connectivity index (χ2n) is 8.02. The molecule has 132 valence electrons. The molecule has 1 N–H and O–H groups in total. The number of carbonyl (C=O) groups is 1. The van der Waals surface area contributed by atoms with E-state index in [9.17, 15) is 4.79 Å². The molecule has 0 radical (unpaired) electrons. The Labute approximate surface area is 164 Å². The lowest BCUT2D eigenvalue weighted by Gasteiger charge is -2.36. The van der Waals surface area contributed by atoms with Crippen LogP contribution in [0.3, 0.4) is 0 Å². The van der Waals surface area contributed by atoms with Crippen molar-refractivity contribution in [3.05, 3.63) is 51.1 Å². The Kier molecular flexibility index (Phi) is 4.74. The fourth-order valence-electron chi connectivity index (χ4n) is 2.75. The van der Waals surface area contributed by atoms with Gasteiger partial charge in [-0.25, -0.2) is 0 Å². The van der Waals surface area contributed by atoms with E-state index in [0.29, 0.717) is 6.54 Å². The third kappa shape index (κ3) is 3.49. The van der Waals surface area contributed by atoms with Crippen molar-refractivity contribution in [2.45, 2.75) is 45.4 Å². The average molecular weight is 465 g/mol. The van der Waals surface area contributed by atoms with Crippen LogP contribution in [0.5, 0.6) is 5.75 Å². The molecule has 2 aromatic carbocycles. The van der Waals surface area contributed by atoms with Crippen molar-refractivity contribution in [1.82, 2.24) is 5.32 Å². The first kappa shape index (κ1) is 18.4. The summed E-state index contributed by atoms with van der Waals surface area (Å²) in [6, 6.07) is 12.4. The largest absolute Gasteiger partial charge is 0.543 e. The molecule has 1 aliphatic heterocycles. The van der Waals surface area contributed by atoms with E-state index in [4.69, 9.17) is 4.43 Å². The van der Waals surface area contributed by atoms with Crippen LogP contribution in [0.15, 0.2) is 36.4 Å². The van der Waals surface area contributed by atoms with Crippen molar-refractivity contribution in [3.8, 4) is 16.9 Å². The summed E-state index contributed by atoms with van der Waals surface area (Å²) in [6.07, 6.45) is 0. The smallest absolute Gasteiger partial charge is 0.252 e. The molecule has 25 heavy (non-hydrogen) atoms. The van der Waals surface area contributed by atoms with Gasteiger partial charge >= 0.3 is 0 Å². The van der Waals surface area contributed by atoms with E-state index in [2.05, 4.69) is 80.0 Å². The van der Waals surface area contributed by atoms with Gasteiger partial charge in [-0.15, -0.1) is 0 Å². The van der Waals surface area contributed by atoms with Crippen molar-refractivity contribution in [2.75, 3.05) is 0 Å². The molecule has 0 fully saturated rings. The van der Waals surface area contributed by atoms with Crippen molar-refractivity contribution in [1.29, 1.82) is 0 Å². The van der Waals surface area contributed by atoms with Gasteiger partial charge in [0.05, 0.1) is 5.56 Å². The monoisotopic (exact) mass is 465 g/mol. The average Bonchev–Trinajstić information content (AvgIpc) is 2.89. The number of amides is 1. The van der Waals surface area contributed by atoms with E-state index in [1.165, 1.54) is 0 Å². The number of fused-ring (bicyclic) bond motifs is 1. The number of benzene rings is 2. The maximum absolute atomic E-state index is 12.1. The maximum atomic E-state index is 12.1. The molecule has 0 aliphatic carbocycles. The van der Waals surface area contributed by atoms with E-state index in [1.54, 1.807) is 0 Å². The van der Waals surface area contributed by atoms with E-state index < -0.39 is 8.32 Å². The third-order valence-electron chi connectivity index (χ3n) is 5.24. The van der Waals surface area contributed by atoms with Crippen LogP contribution in [0.2, 0.25) is 18.1 Å². The second-order valence-corrected chi connectivity index (χ2v) is 13.9. The Morgan fingerprint density at radius 2 is 1.88 bits per heavy atom.